The molecule has 126 valence electrons. The number of hydrogen-bond donors (Lipinski definition) is 1. The number of aryl methyl sites for hydroxylation is 2. The first kappa shape index (κ1) is 15.7. The molecule has 1 aliphatic carbocycles. The minimum Gasteiger partial charge on any atom is -0.379 e. The fraction of sp³-hybridized carbons (Fsp3) is 0.500. The molecule has 0 spiro atoms. The summed E-state index contributed by atoms with van der Waals surface area (Å²) in [7, 11) is 0. The third-order valence-electron chi connectivity index (χ3n) is 4.80. The van der Waals surface area contributed by atoms with Gasteiger partial charge in [0.05, 0.1) is 24.9 Å². The Kier molecular flexibility index (Phi) is 4.58. The number of pyridine rings is 1. The summed E-state index contributed by atoms with van der Waals surface area (Å²) in [6.45, 7) is 1.26. The maximum absolute atomic E-state index is 12.6. The Balaban J connectivity index is 1.42. The molecule has 1 aliphatic heterocycles. The molecule has 0 unspecified atom stereocenters. The third-order valence-corrected chi connectivity index (χ3v) is 5.96. The molecule has 1 saturated heterocycles. The van der Waals surface area contributed by atoms with Gasteiger partial charge in [-0.25, -0.2) is 4.98 Å². The lowest BCUT2D eigenvalue weighted by Crippen LogP contribution is -2.40. The van der Waals surface area contributed by atoms with E-state index in [1.54, 1.807) is 23.7 Å². The zero-order valence-corrected chi connectivity index (χ0v) is 14.3. The van der Waals surface area contributed by atoms with Crippen LogP contribution in [0.4, 0.5) is 0 Å². The highest BCUT2D eigenvalue weighted by atomic mass is 32.1. The van der Waals surface area contributed by atoms with Crippen molar-refractivity contribution in [2.75, 3.05) is 13.2 Å². The molecule has 2 aromatic heterocycles. The largest absolute Gasteiger partial charge is 0.379 e. The Hall–Kier alpha value is -1.79. The first-order chi connectivity index (χ1) is 11.8. The van der Waals surface area contributed by atoms with Crippen LogP contribution in [0.1, 0.15) is 38.8 Å². The van der Waals surface area contributed by atoms with Crippen molar-refractivity contribution in [3.63, 3.8) is 0 Å². The van der Waals surface area contributed by atoms with Crippen LogP contribution in [0.2, 0.25) is 0 Å². The fourth-order valence-corrected chi connectivity index (χ4v) is 4.51. The van der Waals surface area contributed by atoms with Crippen molar-refractivity contribution >= 4 is 17.2 Å². The van der Waals surface area contributed by atoms with Crippen LogP contribution in [-0.4, -0.2) is 35.1 Å². The molecule has 24 heavy (non-hydrogen) atoms. The van der Waals surface area contributed by atoms with Crippen LogP contribution < -0.4 is 5.32 Å². The number of carbonyl (C=O) groups is 1. The van der Waals surface area contributed by atoms with Crippen molar-refractivity contribution in [2.45, 2.75) is 38.1 Å². The van der Waals surface area contributed by atoms with Gasteiger partial charge in [-0.2, -0.15) is 0 Å². The number of amides is 1. The smallest absolute Gasteiger partial charge is 0.280 e. The zero-order valence-electron chi connectivity index (χ0n) is 13.5. The predicted molar refractivity (Wildman–Crippen MR) is 92.3 cm³/mol. The third kappa shape index (κ3) is 3.35. The van der Waals surface area contributed by atoms with Crippen molar-refractivity contribution in [2.24, 2.45) is 5.92 Å². The quantitative estimate of drug-likeness (QED) is 0.926. The van der Waals surface area contributed by atoms with E-state index in [0.29, 0.717) is 24.1 Å². The van der Waals surface area contributed by atoms with Crippen molar-refractivity contribution in [3.05, 3.63) is 45.7 Å². The molecule has 1 amide bonds. The summed E-state index contributed by atoms with van der Waals surface area (Å²) in [5, 5.41) is 3.75. The normalized spacial score (nSPS) is 23.0. The molecule has 0 radical (unpaired) electrons. The molecule has 5 nitrogen and oxygen atoms in total. The number of nitrogens with one attached hydrogen (secondary N) is 1. The Morgan fingerprint density at radius 1 is 1.25 bits per heavy atom. The number of thiazole rings is 1. The maximum atomic E-state index is 12.6. The number of aromatic nitrogens is 2. The van der Waals surface area contributed by atoms with E-state index < -0.39 is 0 Å². The SMILES string of the molecule is O=C(N[C@@H]1COC[C@H]1Cc1ccncc1)c1nc2c(s1)CCCC2. The van der Waals surface area contributed by atoms with E-state index in [-0.39, 0.29) is 11.9 Å². The van der Waals surface area contributed by atoms with Crippen LogP contribution in [0, 0.1) is 5.92 Å². The molecular formula is C18H21N3O2S. The van der Waals surface area contributed by atoms with Gasteiger partial charge in [-0.15, -0.1) is 11.3 Å². The van der Waals surface area contributed by atoms with Crippen molar-refractivity contribution < 1.29 is 9.53 Å². The Labute approximate surface area is 145 Å². The highest BCUT2D eigenvalue weighted by Gasteiger charge is 2.31. The molecule has 2 aromatic rings. The average Bonchev–Trinajstić information content (AvgIpc) is 3.23. The van der Waals surface area contributed by atoms with Crippen LogP contribution in [-0.2, 0) is 24.0 Å². The predicted octanol–water partition coefficient (Wildman–Crippen LogP) is 2.40. The van der Waals surface area contributed by atoms with Gasteiger partial charge in [0.25, 0.3) is 5.91 Å². The fourth-order valence-electron chi connectivity index (χ4n) is 3.46. The van der Waals surface area contributed by atoms with E-state index >= 15 is 0 Å². The Morgan fingerprint density at radius 2 is 2.08 bits per heavy atom. The summed E-state index contributed by atoms with van der Waals surface area (Å²) in [6.07, 6.45) is 8.97. The summed E-state index contributed by atoms with van der Waals surface area (Å²) in [5.41, 5.74) is 2.36. The minimum atomic E-state index is -0.0513. The lowest BCUT2D eigenvalue weighted by Gasteiger charge is -2.18. The molecular weight excluding hydrogens is 322 g/mol. The van der Waals surface area contributed by atoms with Gasteiger partial charge in [0, 0.05) is 23.2 Å². The highest BCUT2D eigenvalue weighted by molar-refractivity contribution is 7.13. The molecule has 0 aromatic carbocycles. The number of carbonyl (C=O) groups excluding carboxylic acids is 1. The van der Waals surface area contributed by atoms with E-state index in [4.69, 9.17) is 4.74 Å². The van der Waals surface area contributed by atoms with Crippen molar-refractivity contribution in [1.82, 2.24) is 15.3 Å². The van der Waals surface area contributed by atoms with Crippen LogP contribution in [0.15, 0.2) is 24.5 Å². The first-order valence-corrected chi connectivity index (χ1v) is 9.37. The monoisotopic (exact) mass is 343 g/mol. The standard InChI is InChI=1S/C18H21N3O2S/c22-17(18-21-14-3-1-2-4-16(14)24-18)20-15-11-23-10-13(15)9-12-5-7-19-8-6-12/h5-8,13,15H,1-4,9-11H2,(H,20,22)/t13-,15-/m1/s1. The van der Waals surface area contributed by atoms with E-state index in [1.807, 2.05) is 12.1 Å². The van der Waals surface area contributed by atoms with Gasteiger partial charge in [0.15, 0.2) is 5.01 Å². The number of rotatable bonds is 4. The summed E-state index contributed by atoms with van der Waals surface area (Å²) in [6, 6.07) is 4.09. The van der Waals surface area contributed by atoms with Crippen LogP contribution in [0.3, 0.4) is 0 Å². The number of hydrogen-bond acceptors (Lipinski definition) is 5. The van der Waals surface area contributed by atoms with Crippen molar-refractivity contribution in [1.29, 1.82) is 0 Å². The van der Waals surface area contributed by atoms with Gasteiger partial charge in [0.2, 0.25) is 0 Å². The summed E-state index contributed by atoms with van der Waals surface area (Å²) in [5.74, 6) is 0.246. The summed E-state index contributed by atoms with van der Waals surface area (Å²) >= 11 is 1.56. The lowest BCUT2D eigenvalue weighted by molar-refractivity contribution is 0.0924. The molecule has 1 fully saturated rings. The molecule has 4 rings (SSSR count). The molecule has 3 heterocycles. The second kappa shape index (κ2) is 6.99. The number of fused-ring (bicyclic) bond motifs is 1. The average molecular weight is 343 g/mol. The molecule has 0 saturated carbocycles. The van der Waals surface area contributed by atoms with Crippen LogP contribution in [0.5, 0.6) is 0 Å². The molecule has 1 N–H and O–H groups in total. The van der Waals surface area contributed by atoms with E-state index in [9.17, 15) is 4.79 Å². The molecule has 6 heteroatoms. The number of ether oxygens (including phenoxy) is 1. The van der Waals surface area contributed by atoms with Crippen molar-refractivity contribution in [3.8, 4) is 0 Å². The Morgan fingerprint density at radius 3 is 2.92 bits per heavy atom. The maximum Gasteiger partial charge on any atom is 0.280 e. The van der Waals surface area contributed by atoms with E-state index in [1.165, 1.54) is 23.3 Å². The summed E-state index contributed by atoms with van der Waals surface area (Å²) < 4.78 is 5.61. The van der Waals surface area contributed by atoms with Gasteiger partial charge >= 0.3 is 0 Å². The second-order valence-corrected chi connectivity index (χ2v) is 7.62. The summed E-state index contributed by atoms with van der Waals surface area (Å²) in [4.78, 5) is 22.5. The lowest BCUT2D eigenvalue weighted by atomic mass is 9.95. The van der Waals surface area contributed by atoms with Gasteiger partial charge in [-0.05, 0) is 49.8 Å². The zero-order chi connectivity index (χ0) is 16.4. The molecule has 0 bridgehead atoms. The topological polar surface area (TPSA) is 64.1 Å². The van der Waals surface area contributed by atoms with Gasteiger partial charge < -0.3 is 10.1 Å². The van der Waals surface area contributed by atoms with E-state index in [2.05, 4.69) is 15.3 Å². The van der Waals surface area contributed by atoms with Gasteiger partial charge in [0.1, 0.15) is 0 Å². The van der Waals surface area contributed by atoms with Crippen LogP contribution >= 0.6 is 11.3 Å². The second-order valence-electron chi connectivity index (χ2n) is 6.53. The molecule has 2 aliphatic rings. The Bertz CT molecular complexity index is 693. The van der Waals surface area contributed by atoms with Gasteiger partial charge in [-0.1, -0.05) is 0 Å². The van der Waals surface area contributed by atoms with E-state index in [0.717, 1.165) is 25.0 Å². The van der Waals surface area contributed by atoms with Crippen LogP contribution in [0.25, 0.3) is 0 Å². The first-order valence-electron chi connectivity index (χ1n) is 8.55. The minimum absolute atomic E-state index is 0.0478. The molecule has 2 atom stereocenters. The highest BCUT2D eigenvalue weighted by Crippen LogP contribution is 2.27. The van der Waals surface area contributed by atoms with Gasteiger partial charge in [-0.3, -0.25) is 9.78 Å². The number of nitrogens with zero attached hydrogens (tertiary/aromatic N) is 2.